The number of hydrogen-bond acceptors (Lipinski definition) is 5. The molecule has 1 aromatic heterocycles. The number of hydrogen-bond donors (Lipinski definition) is 2. The highest BCUT2D eigenvalue weighted by Crippen LogP contribution is 2.37. The highest BCUT2D eigenvalue weighted by Gasteiger charge is 2.25. The molecule has 4 aromatic rings. The Labute approximate surface area is 285 Å². The van der Waals surface area contributed by atoms with E-state index in [0.717, 1.165) is 50.6 Å². The van der Waals surface area contributed by atoms with Crippen molar-refractivity contribution in [3.63, 3.8) is 0 Å². The molecule has 1 aliphatic heterocycles. The number of piperidine rings is 1. The number of likely N-dealkylation sites (tertiary alicyclic amines) is 1. The average molecular weight is 666 g/mol. The van der Waals surface area contributed by atoms with Crippen LogP contribution in [0.15, 0.2) is 93.7 Å². The second-order valence-corrected chi connectivity index (χ2v) is 13.3. The minimum Gasteiger partial charge on any atom is -0.451 e. The zero-order chi connectivity index (χ0) is 33.6. The van der Waals surface area contributed by atoms with Gasteiger partial charge in [0.1, 0.15) is 5.58 Å². The van der Waals surface area contributed by atoms with Gasteiger partial charge >= 0.3 is 0 Å². The lowest BCUT2D eigenvalue weighted by molar-refractivity contribution is -0.133. The van der Waals surface area contributed by atoms with Crippen LogP contribution in [0.1, 0.15) is 85.0 Å². The molecule has 0 radical (unpaired) electrons. The van der Waals surface area contributed by atoms with Crippen molar-refractivity contribution in [2.75, 3.05) is 11.9 Å². The summed E-state index contributed by atoms with van der Waals surface area (Å²) < 4.78 is 5.87. The molecule has 0 spiro atoms. The van der Waals surface area contributed by atoms with E-state index in [4.69, 9.17) is 16.0 Å². The van der Waals surface area contributed by atoms with Crippen LogP contribution in [0.4, 0.5) is 5.69 Å². The monoisotopic (exact) mass is 665 g/mol. The summed E-state index contributed by atoms with van der Waals surface area (Å²) in [5, 5.41) is 6.67. The van der Waals surface area contributed by atoms with Gasteiger partial charge in [-0.1, -0.05) is 59.6 Å². The van der Waals surface area contributed by atoms with Gasteiger partial charge in [0.25, 0.3) is 5.91 Å². The Morgan fingerprint density at radius 2 is 1.75 bits per heavy atom. The van der Waals surface area contributed by atoms with E-state index in [0.29, 0.717) is 36.0 Å². The fourth-order valence-corrected chi connectivity index (χ4v) is 7.00. The van der Waals surface area contributed by atoms with Crippen LogP contribution in [0, 0.1) is 0 Å². The lowest BCUT2D eigenvalue weighted by Crippen LogP contribution is -2.36. The number of amides is 3. The van der Waals surface area contributed by atoms with Crippen LogP contribution in [-0.2, 0) is 22.6 Å². The largest absolute Gasteiger partial charge is 0.451 e. The van der Waals surface area contributed by atoms with Gasteiger partial charge in [-0.15, -0.1) is 0 Å². The van der Waals surface area contributed by atoms with Gasteiger partial charge in [0.05, 0.1) is 11.4 Å². The second-order valence-electron chi connectivity index (χ2n) is 12.8. The molecule has 8 nitrogen and oxygen atoms in total. The maximum absolute atomic E-state index is 13.5. The van der Waals surface area contributed by atoms with E-state index in [1.165, 1.54) is 29.7 Å². The molecule has 3 aromatic carbocycles. The molecular formula is C39H40ClN3O5. The van der Waals surface area contributed by atoms with Gasteiger partial charge in [-0.25, -0.2) is 0 Å². The van der Waals surface area contributed by atoms with E-state index in [2.05, 4.69) is 41.0 Å². The molecule has 1 atom stereocenters. The molecule has 1 aliphatic carbocycles. The van der Waals surface area contributed by atoms with Crippen LogP contribution < -0.4 is 16.1 Å². The van der Waals surface area contributed by atoms with Gasteiger partial charge in [0.15, 0.2) is 11.2 Å². The molecule has 248 valence electrons. The number of halogens is 1. The Bertz CT molecular complexity index is 1910. The molecule has 9 heteroatoms. The number of nitrogens with zero attached hydrogens (tertiary/aromatic N) is 1. The maximum atomic E-state index is 13.5. The first-order valence-electron chi connectivity index (χ1n) is 16.7. The van der Waals surface area contributed by atoms with Gasteiger partial charge in [-0.2, -0.15) is 0 Å². The minimum absolute atomic E-state index is 0.0771. The zero-order valence-electron chi connectivity index (χ0n) is 27.1. The van der Waals surface area contributed by atoms with Crippen LogP contribution in [0.25, 0.3) is 11.0 Å². The Morgan fingerprint density at radius 1 is 0.979 bits per heavy atom. The van der Waals surface area contributed by atoms with E-state index in [-0.39, 0.29) is 40.0 Å². The van der Waals surface area contributed by atoms with Crippen molar-refractivity contribution in [3.05, 3.63) is 122 Å². The number of allylic oxidation sites excluding steroid dienone is 1. The number of anilines is 1. The third kappa shape index (κ3) is 8.23. The number of carbonyl (C=O) groups excluding carboxylic acids is 3. The summed E-state index contributed by atoms with van der Waals surface area (Å²) in [6.45, 7) is 2.89. The number of rotatable bonds is 9. The normalized spacial score (nSPS) is 17.2. The fraction of sp³-hybridized carbons (Fsp3) is 0.333. The topological polar surface area (TPSA) is 109 Å². The summed E-state index contributed by atoms with van der Waals surface area (Å²) >= 11 is 6.14. The SMILES string of the molecule is CC(=O)Nc1ccc2oc(C(=O)N[C@H](C=C3CCC(c4ccccc4CN4CCCCC4=O)CC3)Cc3ccc(Cl)cc3)cc(=O)c2c1. The molecule has 6 rings (SSSR count). The smallest absolute Gasteiger partial charge is 0.287 e. The second kappa shape index (κ2) is 15.0. The van der Waals surface area contributed by atoms with Crippen molar-refractivity contribution in [2.24, 2.45) is 0 Å². The number of nitrogens with one attached hydrogen (secondary N) is 2. The summed E-state index contributed by atoms with van der Waals surface area (Å²) in [6, 6.07) is 21.7. The highest BCUT2D eigenvalue weighted by molar-refractivity contribution is 6.30. The molecular weight excluding hydrogens is 626 g/mol. The van der Waals surface area contributed by atoms with Crippen molar-refractivity contribution in [1.82, 2.24) is 10.2 Å². The highest BCUT2D eigenvalue weighted by atomic mass is 35.5. The Morgan fingerprint density at radius 3 is 2.50 bits per heavy atom. The van der Waals surface area contributed by atoms with Crippen LogP contribution in [0.5, 0.6) is 0 Å². The van der Waals surface area contributed by atoms with Crippen LogP contribution in [-0.4, -0.2) is 35.2 Å². The van der Waals surface area contributed by atoms with Crippen molar-refractivity contribution in [1.29, 1.82) is 0 Å². The number of fused-ring (bicyclic) bond motifs is 1. The van der Waals surface area contributed by atoms with Crippen molar-refractivity contribution < 1.29 is 18.8 Å². The van der Waals surface area contributed by atoms with Crippen LogP contribution in [0.3, 0.4) is 0 Å². The van der Waals surface area contributed by atoms with E-state index >= 15 is 0 Å². The van der Waals surface area contributed by atoms with E-state index < -0.39 is 5.91 Å². The zero-order valence-corrected chi connectivity index (χ0v) is 27.9. The van der Waals surface area contributed by atoms with E-state index in [1.807, 2.05) is 29.2 Å². The van der Waals surface area contributed by atoms with E-state index in [9.17, 15) is 19.2 Å². The molecule has 2 aliphatic rings. The Kier molecular flexibility index (Phi) is 10.4. The lowest BCUT2D eigenvalue weighted by Gasteiger charge is -2.31. The summed E-state index contributed by atoms with van der Waals surface area (Å²) in [4.78, 5) is 52.5. The Balaban J connectivity index is 1.18. The summed E-state index contributed by atoms with van der Waals surface area (Å²) in [5.41, 5.74) is 5.23. The van der Waals surface area contributed by atoms with Gasteiger partial charge < -0.3 is 20.0 Å². The van der Waals surface area contributed by atoms with Gasteiger partial charge in [-0.3, -0.25) is 19.2 Å². The summed E-state index contributed by atoms with van der Waals surface area (Å²) in [7, 11) is 0. The third-order valence-corrected chi connectivity index (χ3v) is 9.55. The fourth-order valence-electron chi connectivity index (χ4n) is 6.88. The van der Waals surface area contributed by atoms with Gasteiger partial charge in [0.2, 0.25) is 11.8 Å². The molecule has 1 saturated carbocycles. The number of carbonyl (C=O) groups is 3. The Hall–Kier alpha value is -4.69. The van der Waals surface area contributed by atoms with Gasteiger partial charge in [0, 0.05) is 43.2 Å². The minimum atomic E-state index is -0.481. The van der Waals surface area contributed by atoms with Crippen LogP contribution in [0.2, 0.25) is 5.02 Å². The molecule has 1 saturated heterocycles. The molecule has 0 bridgehead atoms. The predicted molar refractivity (Wildman–Crippen MR) is 188 cm³/mol. The van der Waals surface area contributed by atoms with Crippen molar-refractivity contribution >= 4 is 46.0 Å². The van der Waals surface area contributed by atoms with Crippen LogP contribution >= 0.6 is 11.6 Å². The van der Waals surface area contributed by atoms with Crippen molar-refractivity contribution in [2.45, 2.75) is 76.8 Å². The molecule has 0 unspecified atom stereocenters. The quantitative estimate of drug-likeness (QED) is 0.180. The molecule has 2 fully saturated rings. The molecule has 48 heavy (non-hydrogen) atoms. The molecule has 2 heterocycles. The molecule has 2 N–H and O–H groups in total. The average Bonchev–Trinajstić information content (AvgIpc) is 3.07. The predicted octanol–water partition coefficient (Wildman–Crippen LogP) is 7.54. The lowest BCUT2D eigenvalue weighted by atomic mass is 9.79. The van der Waals surface area contributed by atoms with Crippen molar-refractivity contribution in [3.8, 4) is 0 Å². The number of benzene rings is 3. The van der Waals surface area contributed by atoms with E-state index in [1.54, 1.807) is 18.2 Å². The standard InChI is InChI=1S/C39H40ClN3O5/c1-25(44)41-31-17-18-36-34(22-31)35(45)23-37(48-36)39(47)42-32(21-27-11-15-30(40)16-12-27)20-26-9-13-28(14-10-26)33-7-3-2-6-29(33)24-43-19-5-4-8-38(43)46/h2-3,6-7,11-12,15-18,20,22-23,28,32H,4-5,8-10,13-14,19,21,24H2,1H3,(H,41,44)(H,42,47)/t28?,32-/m1/s1. The first-order chi connectivity index (χ1) is 23.2. The molecule has 3 amide bonds. The third-order valence-electron chi connectivity index (χ3n) is 9.30. The summed E-state index contributed by atoms with van der Waals surface area (Å²) in [5.74, 6) is -0.157. The van der Waals surface area contributed by atoms with Gasteiger partial charge in [-0.05, 0) is 97.9 Å². The first-order valence-corrected chi connectivity index (χ1v) is 17.1. The maximum Gasteiger partial charge on any atom is 0.287 e. The first kappa shape index (κ1) is 33.2. The summed E-state index contributed by atoms with van der Waals surface area (Å²) in [6.07, 6.45) is 9.14.